The van der Waals surface area contributed by atoms with E-state index in [4.69, 9.17) is 0 Å². The van der Waals surface area contributed by atoms with E-state index < -0.39 is 0 Å². The van der Waals surface area contributed by atoms with Crippen molar-refractivity contribution >= 4 is 32.3 Å². The van der Waals surface area contributed by atoms with Gasteiger partial charge in [-0.2, -0.15) is 0 Å². The van der Waals surface area contributed by atoms with Gasteiger partial charge in [-0.05, 0) is 101 Å². The second-order valence-electron chi connectivity index (χ2n) is 10.6. The van der Waals surface area contributed by atoms with Gasteiger partial charge in [0.1, 0.15) is 0 Å². The van der Waals surface area contributed by atoms with Crippen molar-refractivity contribution in [2.75, 3.05) is 0 Å². The lowest BCUT2D eigenvalue weighted by Crippen LogP contribution is -1.87. The molecule has 0 nitrogen and oxygen atoms in total. The molecule has 0 fully saturated rings. The SMILES string of the molecule is CCCCc1ccc2c#cc3ccccc3cc3c4ccc(CCCC)cc4c(CCCC)c-3c#cc2c1. The molecule has 3 aromatic carbocycles. The van der Waals surface area contributed by atoms with Crippen LogP contribution < -0.4 is 0 Å². The fraction of sp³-hybridized carbons (Fsp3) is 0.316. The number of fused-ring (bicyclic) bond motifs is 5. The van der Waals surface area contributed by atoms with Crippen LogP contribution in [0.1, 0.15) is 76.0 Å². The molecule has 0 aliphatic heterocycles. The number of aryl methyl sites for hydroxylation is 3. The second-order valence-corrected chi connectivity index (χ2v) is 10.6. The summed E-state index contributed by atoms with van der Waals surface area (Å²) in [5.74, 6) is 0. The first-order chi connectivity index (χ1) is 18.7. The van der Waals surface area contributed by atoms with E-state index in [1.807, 2.05) is 0 Å². The molecule has 0 atom stereocenters. The lowest BCUT2D eigenvalue weighted by Gasteiger charge is -2.03. The van der Waals surface area contributed by atoms with Crippen LogP contribution in [0.2, 0.25) is 0 Å². The zero-order valence-electron chi connectivity index (χ0n) is 23.2. The quantitative estimate of drug-likeness (QED) is 0.191. The van der Waals surface area contributed by atoms with Gasteiger partial charge in [-0.15, -0.1) is 0 Å². The molecule has 0 saturated carbocycles. The third-order valence-electron chi connectivity index (χ3n) is 7.69. The summed E-state index contributed by atoms with van der Waals surface area (Å²) < 4.78 is 0. The van der Waals surface area contributed by atoms with E-state index in [0.29, 0.717) is 0 Å². The van der Waals surface area contributed by atoms with Gasteiger partial charge in [0, 0.05) is 21.7 Å². The average Bonchev–Trinajstić information content (AvgIpc) is 3.22. The summed E-state index contributed by atoms with van der Waals surface area (Å²) in [5.41, 5.74) is 6.65. The number of unbranched alkanes of at least 4 members (excludes halogenated alkanes) is 3. The molecule has 0 N–H and O–H groups in total. The van der Waals surface area contributed by atoms with Crippen LogP contribution in [0.25, 0.3) is 43.4 Å². The topological polar surface area (TPSA) is 0 Å². The molecule has 38 heavy (non-hydrogen) atoms. The van der Waals surface area contributed by atoms with Crippen molar-refractivity contribution in [1.82, 2.24) is 0 Å². The molecule has 0 radical (unpaired) electrons. The molecule has 2 aliphatic rings. The van der Waals surface area contributed by atoms with Crippen LogP contribution in [0.5, 0.6) is 0 Å². The largest absolute Gasteiger partial charge is 0.0654 e. The van der Waals surface area contributed by atoms with Crippen molar-refractivity contribution in [3.63, 3.8) is 0 Å². The number of hydrogen-bond donors (Lipinski definition) is 0. The highest BCUT2D eigenvalue weighted by Crippen LogP contribution is 2.39. The Labute approximate surface area is 229 Å². The fourth-order valence-electron chi connectivity index (χ4n) is 5.45. The first kappa shape index (κ1) is 25.9. The minimum atomic E-state index is 1.02. The number of rotatable bonds is 9. The summed E-state index contributed by atoms with van der Waals surface area (Å²) in [6.07, 6.45) is 10.5. The summed E-state index contributed by atoms with van der Waals surface area (Å²) >= 11 is 0. The standard InChI is InChI=1S/C38H38/c1-4-7-12-28-17-19-31-21-20-30-14-10-11-15-32(30)27-38-35(24-22-33(31)25-28)34(16-9-6-3)37-26-29(13-8-5-2)18-23-36(37)38/h10-11,14-15,17-19,23,25-27H,4-9,12-13,16H2,1-3H3. The monoisotopic (exact) mass is 494 g/mol. The van der Waals surface area contributed by atoms with Gasteiger partial charge in [0.2, 0.25) is 0 Å². The molecule has 190 valence electrons. The fourth-order valence-corrected chi connectivity index (χ4v) is 5.45. The van der Waals surface area contributed by atoms with Crippen molar-refractivity contribution in [1.29, 1.82) is 0 Å². The average molecular weight is 495 g/mol. The third-order valence-corrected chi connectivity index (χ3v) is 7.69. The van der Waals surface area contributed by atoms with Crippen LogP contribution in [-0.4, -0.2) is 0 Å². The van der Waals surface area contributed by atoms with E-state index in [-0.39, 0.29) is 0 Å². The normalized spacial score (nSPS) is 11.0. The Bertz CT molecular complexity index is 1570. The van der Waals surface area contributed by atoms with E-state index in [0.717, 1.165) is 40.8 Å². The highest BCUT2D eigenvalue weighted by Gasteiger charge is 2.17. The smallest absolute Gasteiger partial charge is 0.0408 e. The van der Waals surface area contributed by atoms with Gasteiger partial charge in [-0.3, -0.25) is 0 Å². The summed E-state index contributed by atoms with van der Waals surface area (Å²) in [6, 6.07) is 38.9. The van der Waals surface area contributed by atoms with Gasteiger partial charge >= 0.3 is 0 Å². The van der Waals surface area contributed by atoms with Crippen molar-refractivity contribution in [2.45, 2.75) is 78.6 Å². The zero-order valence-corrected chi connectivity index (χ0v) is 23.2. The number of benzene rings is 3. The highest BCUT2D eigenvalue weighted by molar-refractivity contribution is 6.07. The molecule has 0 aromatic heterocycles. The summed E-state index contributed by atoms with van der Waals surface area (Å²) in [4.78, 5) is 0. The summed E-state index contributed by atoms with van der Waals surface area (Å²) in [6.45, 7) is 6.79. The lowest BCUT2D eigenvalue weighted by atomic mass is 10.0. The molecule has 0 spiro atoms. The van der Waals surface area contributed by atoms with Gasteiger partial charge in [-0.25, -0.2) is 0 Å². The second kappa shape index (κ2) is 12.2. The molecule has 0 heteroatoms. The molecule has 3 aromatic rings. The minimum Gasteiger partial charge on any atom is -0.0654 e. The van der Waals surface area contributed by atoms with Crippen molar-refractivity contribution in [3.8, 4) is 11.1 Å². The van der Waals surface area contributed by atoms with Crippen LogP contribution in [0.15, 0.2) is 66.7 Å². The van der Waals surface area contributed by atoms with Gasteiger partial charge < -0.3 is 0 Å². The molecule has 0 unspecified atom stereocenters. The van der Waals surface area contributed by atoms with E-state index in [9.17, 15) is 0 Å². The van der Waals surface area contributed by atoms with Crippen LogP contribution >= 0.6 is 0 Å². The third kappa shape index (κ3) is 5.57. The maximum atomic E-state index is 3.71. The molecule has 2 aliphatic carbocycles. The van der Waals surface area contributed by atoms with E-state index in [1.54, 1.807) is 0 Å². The van der Waals surface area contributed by atoms with Crippen LogP contribution in [-0.2, 0) is 19.3 Å². The Hall–Kier alpha value is -3.74. The van der Waals surface area contributed by atoms with E-state index in [1.165, 1.54) is 77.1 Å². The molecular weight excluding hydrogens is 456 g/mol. The van der Waals surface area contributed by atoms with Gasteiger partial charge in [-0.1, -0.05) is 107 Å². The predicted octanol–water partition coefficient (Wildman–Crippen LogP) is 10.6. The molecule has 5 rings (SSSR count). The van der Waals surface area contributed by atoms with E-state index in [2.05, 4.69) is 112 Å². The Morgan fingerprint density at radius 2 is 1.18 bits per heavy atom. The Kier molecular flexibility index (Phi) is 8.31. The van der Waals surface area contributed by atoms with Gasteiger partial charge in [0.25, 0.3) is 0 Å². The Balaban J connectivity index is 1.86. The van der Waals surface area contributed by atoms with Crippen molar-refractivity contribution in [2.24, 2.45) is 0 Å². The van der Waals surface area contributed by atoms with Crippen molar-refractivity contribution in [3.05, 3.63) is 108 Å². The molecule has 0 heterocycles. The number of hydrogen-bond acceptors (Lipinski definition) is 0. The van der Waals surface area contributed by atoms with E-state index >= 15 is 0 Å². The zero-order chi connectivity index (χ0) is 26.3. The van der Waals surface area contributed by atoms with Gasteiger partial charge in [0.15, 0.2) is 0 Å². The highest BCUT2D eigenvalue weighted by atomic mass is 14.2. The molecule has 0 bridgehead atoms. The molecule has 0 saturated heterocycles. The minimum absolute atomic E-state index is 1.02. The van der Waals surface area contributed by atoms with Crippen LogP contribution in [0.4, 0.5) is 0 Å². The summed E-state index contributed by atoms with van der Waals surface area (Å²) in [5, 5.41) is 7.00. The first-order valence-corrected chi connectivity index (χ1v) is 14.6. The van der Waals surface area contributed by atoms with Crippen LogP contribution in [0.3, 0.4) is 0 Å². The Morgan fingerprint density at radius 1 is 0.526 bits per heavy atom. The molecular formula is C38H38. The maximum absolute atomic E-state index is 3.71. The lowest BCUT2D eigenvalue weighted by molar-refractivity contribution is 0.794. The van der Waals surface area contributed by atoms with Crippen molar-refractivity contribution < 1.29 is 0 Å². The van der Waals surface area contributed by atoms with Gasteiger partial charge in [0.05, 0.1) is 0 Å². The Morgan fingerprint density at radius 3 is 1.97 bits per heavy atom. The summed E-state index contributed by atoms with van der Waals surface area (Å²) in [7, 11) is 0. The maximum Gasteiger partial charge on any atom is 0.0408 e. The molecule has 0 amide bonds. The predicted molar refractivity (Wildman–Crippen MR) is 164 cm³/mol. The first-order valence-electron chi connectivity index (χ1n) is 14.6. The van der Waals surface area contributed by atoms with Crippen LogP contribution in [0, 0.1) is 24.3 Å².